The molecule has 202 valence electrons. The van der Waals surface area contributed by atoms with Gasteiger partial charge in [-0.1, -0.05) is 48.0 Å². The summed E-state index contributed by atoms with van der Waals surface area (Å²) < 4.78 is 6.74. The smallest absolute Gasteiger partial charge is 0.266 e. The van der Waals surface area contributed by atoms with Gasteiger partial charge in [-0.05, 0) is 74.2 Å². The number of ether oxygens (including phenoxy) is 1. The average molecular weight is 562 g/mol. The van der Waals surface area contributed by atoms with Crippen LogP contribution in [0.2, 0.25) is 5.02 Å². The molecule has 0 saturated heterocycles. The summed E-state index contributed by atoms with van der Waals surface area (Å²) in [6.45, 7) is 0.397. The van der Waals surface area contributed by atoms with Crippen LogP contribution in [0.1, 0.15) is 51.3 Å². The zero-order valence-electron chi connectivity index (χ0n) is 22.1. The van der Waals surface area contributed by atoms with E-state index in [1.165, 1.54) is 11.3 Å². The molecule has 0 spiro atoms. The first kappa shape index (κ1) is 27.2. The molecule has 1 aliphatic carbocycles. The van der Waals surface area contributed by atoms with E-state index in [-0.39, 0.29) is 11.9 Å². The monoisotopic (exact) mass is 561 g/mol. The van der Waals surface area contributed by atoms with Crippen LogP contribution in [-0.4, -0.2) is 43.0 Å². The van der Waals surface area contributed by atoms with Gasteiger partial charge in [-0.15, -0.1) is 11.3 Å². The third kappa shape index (κ3) is 5.66. The summed E-state index contributed by atoms with van der Waals surface area (Å²) in [6.07, 6.45) is 3.84. The number of thiophene rings is 1. The molecule has 0 atom stereocenters. The van der Waals surface area contributed by atoms with Crippen LogP contribution in [0.4, 0.5) is 0 Å². The van der Waals surface area contributed by atoms with Crippen molar-refractivity contribution in [2.75, 3.05) is 14.2 Å². The molecule has 8 heteroatoms. The van der Waals surface area contributed by atoms with E-state index in [9.17, 15) is 9.59 Å². The van der Waals surface area contributed by atoms with Gasteiger partial charge in [-0.25, -0.2) is 0 Å². The van der Waals surface area contributed by atoms with E-state index in [2.05, 4.69) is 11.4 Å². The lowest BCUT2D eigenvalue weighted by atomic mass is 9.89. The number of hydrogen-bond acceptors (Lipinski definition) is 5. The molecule has 3 N–H and O–H groups in total. The van der Waals surface area contributed by atoms with Crippen molar-refractivity contribution >= 4 is 44.8 Å². The highest BCUT2D eigenvalue weighted by Gasteiger charge is 2.32. The minimum absolute atomic E-state index is 0.0487. The lowest BCUT2D eigenvalue weighted by molar-refractivity contribution is 0.0604. The van der Waals surface area contributed by atoms with Crippen molar-refractivity contribution in [1.82, 2.24) is 10.2 Å². The molecule has 0 radical (unpaired) electrons. The first-order valence-electron chi connectivity index (χ1n) is 13.1. The fourth-order valence-corrected chi connectivity index (χ4v) is 6.89. The number of benzene rings is 3. The molecule has 1 aliphatic rings. The van der Waals surface area contributed by atoms with Crippen molar-refractivity contribution < 1.29 is 14.3 Å². The second-order valence-electron chi connectivity index (χ2n) is 9.94. The molecule has 6 nitrogen and oxygen atoms in total. The number of nitrogens with one attached hydrogen (secondary N) is 1. The topological polar surface area (TPSA) is 84.7 Å². The molecular formula is C31H32ClN3O3S. The summed E-state index contributed by atoms with van der Waals surface area (Å²) in [7, 11) is 3.64. The Bertz CT molecular complexity index is 1490. The zero-order chi connectivity index (χ0) is 27.5. The summed E-state index contributed by atoms with van der Waals surface area (Å²) in [5.74, 6) is 0.211. The number of primary amides is 1. The quantitative estimate of drug-likeness (QED) is 0.257. The first-order chi connectivity index (χ1) is 18.9. The third-order valence-electron chi connectivity index (χ3n) is 7.66. The Morgan fingerprint density at radius 2 is 1.72 bits per heavy atom. The Balaban J connectivity index is 1.51. The number of fused-ring (bicyclic) bond motifs is 1. The first-order valence-corrected chi connectivity index (χ1v) is 14.3. The second kappa shape index (κ2) is 11.8. The van der Waals surface area contributed by atoms with E-state index in [1.54, 1.807) is 19.2 Å². The summed E-state index contributed by atoms with van der Waals surface area (Å²) >= 11 is 8.23. The van der Waals surface area contributed by atoms with Gasteiger partial charge < -0.3 is 20.7 Å². The normalized spacial score (nSPS) is 17.2. The van der Waals surface area contributed by atoms with Crippen LogP contribution >= 0.6 is 22.9 Å². The number of methoxy groups -OCH3 is 1. The molecule has 4 aromatic rings. The number of carbonyl (C=O) groups excluding carboxylic acids is 2. The second-order valence-corrected chi connectivity index (χ2v) is 11.4. The standard InChI is InChI=1S/C31H32ClN3O3S/c1-34-23-12-14-24(15-13-23)35(31(37)29-28(32)25-5-3-4-6-27(25)39-29)18-22-17-21(11-16-26(22)38-2)19-7-9-20(10-8-19)30(33)36/h3-11,16-17,23-24,34H,12-15,18H2,1-2H3,(H2,33,36)/t23-,24+. The van der Waals surface area contributed by atoms with Crippen LogP contribution in [-0.2, 0) is 6.54 Å². The Morgan fingerprint density at radius 1 is 1.03 bits per heavy atom. The molecule has 39 heavy (non-hydrogen) atoms. The van der Waals surface area contributed by atoms with E-state index in [1.807, 2.05) is 60.5 Å². The number of nitrogens with two attached hydrogens (primary N) is 1. The van der Waals surface area contributed by atoms with Crippen LogP contribution in [0.15, 0.2) is 66.7 Å². The van der Waals surface area contributed by atoms with Crippen molar-refractivity contribution in [3.05, 3.63) is 87.8 Å². The molecule has 3 aromatic carbocycles. The highest BCUT2D eigenvalue weighted by Crippen LogP contribution is 2.38. The Labute approximate surface area is 237 Å². The maximum atomic E-state index is 14.2. The zero-order valence-corrected chi connectivity index (χ0v) is 23.6. The fraction of sp³-hybridized carbons (Fsp3) is 0.290. The van der Waals surface area contributed by atoms with Gasteiger partial charge in [0.2, 0.25) is 5.91 Å². The van der Waals surface area contributed by atoms with E-state index in [0.717, 1.165) is 58.2 Å². The van der Waals surface area contributed by atoms with Crippen LogP contribution in [0.25, 0.3) is 21.2 Å². The maximum Gasteiger partial charge on any atom is 0.266 e. The molecule has 5 rings (SSSR count). The number of amides is 2. The SMILES string of the molecule is CN[C@H]1CC[C@@H](N(Cc2cc(-c3ccc(C(N)=O)cc3)ccc2OC)C(=O)c2sc3ccccc3c2Cl)CC1. The van der Waals surface area contributed by atoms with Crippen LogP contribution in [0, 0.1) is 0 Å². The summed E-state index contributed by atoms with van der Waals surface area (Å²) in [5, 5.41) is 4.81. The maximum absolute atomic E-state index is 14.2. The Hall–Kier alpha value is -3.39. The van der Waals surface area contributed by atoms with Gasteiger partial charge in [0, 0.05) is 39.8 Å². The number of halogens is 1. The molecule has 1 aromatic heterocycles. The van der Waals surface area contributed by atoms with Crippen LogP contribution < -0.4 is 15.8 Å². The fourth-order valence-electron chi connectivity index (χ4n) is 5.42. The minimum atomic E-state index is -0.459. The molecule has 0 aliphatic heterocycles. The van der Waals surface area contributed by atoms with E-state index >= 15 is 0 Å². The largest absolute Gasteiger partial charge is 0.496 e. The summed E-state index contributed by atoms with van der Waals surface area (Å²) in [6, 6.07) is 21.6. The third-order valence-corrected chi connectivity index (χ3v) is 9.32. The molecular weight excluding hydrogens is 530 g/mol. The highest BCUT2D eigenvalue weighted by molar-refractivity contribution is 7.21. The average Bonchev–Trinajstić information content (AvgIpc) is 3.32. The van der Waals surface area contributed by atoms with E-state index in [0.29, 0.717) is 28.0 Å². The van der Waals surface area contributed by atoms with Gasteiger partial charge in [-0.3, -0.25) is 9.59 Å². The lowest BCUT2D eigenvalue weighted by Crippen LogP contribution is -2.44. The predicted octanol–water partition coefficient (Wildman–Crippen LogP) is 6.50. The molecule has 1 fully saturated rings. The predicted molar refractivity (Wildman–Crippen MR) is 159 cm³/mol. The van der Waals surface area contributed by atoms with Crippen LogP contribution in [0.5, 0.6) is 5.75 Å². The summed E-state index contributed by atoms with van der Waals surface area (Å²) in [4.78, 5) is 28.3. The van der Waals surface area contributed by atoms with Crippen molar-refractivity contribution in [2.24, 2.45) is 5.73 Å². The van der Waals surface area contributed by atoms with Crippen molar-refractivity contribution in [1.29, 1.82) is 0 Å². The van der Waals surface area contributed by atoms with Gasteiger partial charge in [-0.2, -0.15) is 0 Å². The highest BCUT2D eigenvalue weighted by atomic mass is 35.5. The van der Waals surface area contributed by atoms with Gasteiger partial charge in [0.05, 0.1) is 12.1 Å². The van der Waals surface area contributed by atoms with E-state index < -0.39 is 5.91 Å². The number of rotatable bonds is 8. The number of carbonyl (C=O) groups is 2. The Morgan fingerprint density at radius 3 is 2.36 bits per heavy atom. The van der Waals surface area contributed by atoms with Crippen molar-refractivity contribution in [2.45, 2.75) is 44.3 Å². The number of nitrogens with zero attached hydrogens (tertiary/aromatic N) is 1. The van der Waals surface area contributed by atoms with Gasteiger partial charge in [0.1, 0.15) is 10.6 Å². The molecule has 1 saturated carbocycles. The molecule has 2 amide bonds. The number of hydrogen-bond donors (Lipinski definition) is 2. The van der Waals surface area contributed by atoms with Crippen LogP contribution in [0.3, 0.4) is 0 Å². The lowest BCUT2D eigenvalue weighted by Gasteiger charge is -2.37. The molecule has 0 bridgehead atoms. The van der Waals surface area contributed by atoms with Gasteiger partial charge in [0.15, 0.2) is 0 Å². The van der Waals surface area contributed by atoms with Gasteiger partial charge >= 0.3 is 0 Å². The van der Waals surface area contributed by atoms with Crippen molar-refractivity contribution in [3.63, 3.8) is 0 Å². The molecule has 1 heterocycles. The minimum Gasteiger partial charge on any atom is -0.496 e. The Kier molecular flexibility index (Phi) is 8.21. The molecule has 0 unspecified atom stereocenters. The van der Waals surface area contributed by atoms with Crippen molar-refractivity contribution in [3.8, 4) is 16.9 Å². The van der Waals surface area contributed by atoms with Gasteiger partial charge in [0.25, 0.3) is 5.91 Å². The summed E-state index contributed by atoms with van der Waals surface area (Å²) in [5.41, 5.74) is 8.70. The van der Waals surface area contributed by atoms with E-state index in [4.69, 9.17) is 22.1 Å².